The summed E-state index contributed by atoms with van der Waals surface area (Å²) >= 11 is 0. The lowest BCUT2D eigenvalue weighted by molar-refractivity contribution is 0.0920. The van der Waals surface area contributed by atoms with Gasteiger partial charge in [-0.25, -0.2) is 0 Å². The minimum atomic E-state index is 0.118. The van der Waals surface area contributed by atoms with Crippen LogP contribution >= 0.6 is 0 Å². The Morgan fingerprint density at radius 2 is 1.74 bits per heavy atom. The van der Waals surface area contributed by atoms with Crippen LogP contribution in [0.15, 0.2) is 24.3 Å². The summed E-state index contributed by atoms with van der Waals surface area (Å²) in [5.41, 5.74) is 0.667. The molecule has 19 heavy (non-hydrogen) atoms. The average Bonchev–Trinajstić information content (AvgIpc) is 2.43. The molecule has 0 saturated carbocycles. The van der Waals surface area contributed by atoms with Crippen molar-refractivity contribution < 1.29 is 9.90 Å². The van der Waals surface area contributed by atoms with Crippen LogP contribution < -0.4 is 0 Å². The Balaban J connectivity index is 2.60. The van der Waals surface area contributed by atoms with E-state index in [0.29, 0.717) is 18.0 Å². The molecule has 1 aromatic carbocycles. The summed E-state index contributed by atoms with van der Waals surface area (Å²) in [4.78, 5) is 14.4. The molecule has 0 bridgehead atoms. The molecule has 0 unspecified atom stereocenters. The Morgan fingerprint density at radius 3 is 2.21 bits per heavy atom. The number of hydrogen-bond acceptors (Lipinski definition) is 3. The molecule has 106 valence electrons. The van der Waals surface area contributed by atoms with Crippen LogP contribution in [0.3, 0.4) is 0 Å². The predicted octanol–water partition coefficient (Wildman–Crippen LogP) is 3.33. The topological polar surface area (TPSA) is 40.5 Å². The summed E-state index contributed by atoms with van der Waals surface area (Å²) in [7, 11) is 0. The van der Waals surface area contributed by atoms with E-state index in [2.05, 4.69) is 25.7 Å². The molecular weight excluding hydrogens is 238 g/mol. The molecule has 1 aromatic rings. The number of carbonyl (C=O) groups excluding carboxylic acids is 1. The first-order chi connectivity index (χ1) is 9.10. The van der Waals surface area contributed by atoms with Crippen LogP contribution in [0, 0.1) is 5.92 Å². The zero-order valence-electron chi connectivity index (χ0n) is 12.2. The van der Waals surface area contributed by atoms with E-state index in [1.54, 1.807) is 24.3 Å². The second-order valence-electron chi connectivity index (χ2n) is 4.98. The zero-order chi connectivity index (χ0) is 14.3. The van der Waals surface area contributed by atoms with Gasteiger partial charge in [-0.2, -0.15) is 0 Å². The zero-order valence-corrected chi connectivity index (χ0v) is 12.2. The summed E-state index contributed by atoms with van der Waals surface area (Å²) in [5, 5.41) is 9.23. The lowest BCUT2D eigenvalue weighted by atomic mass is 10.0. The maximum Gasteiger partial charge on any atom is 0.176 e. The third kappa shape index (κ3) is 5.03. The number of likely N-dealkylation sites (N-methyl/N-ethyl adjacent to an activating group) is 1. The molecule has 3 nitrogen and oxygen atoms in total. The molecule has 0 aromatic heterocycles. The molecule has 0 spiro atoms. The molecule has 0 saturated heterocycles. The van der Waals surface area contributed by atoms with Crippen molar-refractivity contribution in [3.63, 3.8) is 0 Å². The largest absolute Gasteiger partial charge is 0.508 e. The van der Waals surface area contributed by atoms with Crippen molar-refractivity contribution in [2.75, 3.05) is 19.6 Å². The van der Waals surface area contributed by atoms with Crippen LogP contribution in [0.25, 0.3) is 0 Å². The summed E-state index contributed by atoms with van der Waals surface area (Å²) in [6.45, 7) is 8.81. The van der Waals surface area contributed by atoms with Crippen molar-refractivity contribution in [1.82, 2.24) is 4.90 Å². The third-order valence-electron chi connectivity index (χ3n) is 3.67. The van der Waals surface area contributed by atoms with Gasteiger partial charge in [-0.3, -0.25) is 9.69 Å². The number of aromatic hydroxyl groups is 1. The standard InChI is InChI=1S/C16H25NO2/c1-4-13(5-2)11-17(6-3)12-16(19)14-7-9-15(18)10-8-14/h7-10,13,18H,4-6,11-12H2,1-3H3. The molecule has 0 aliphatic rings. The summed E-state index contributed by atoms with van der Waals surface area (Å²) < 4.78 is 0. The first-order valence-electron chi connectivity index (χ1n) is 7.15. The molecule has 0 aliphatic heterocycles. The molecule has 0 amide bonds. The second kappa shape index (κ2) is 7.95. The van der Waals surface area contributed by atoms with Crippen LogP contribution in [-0.2, 0) is 0 Å². The van der Waals surface area contributed by atoms with Crippen LogP contribution in [0.2, 0.25) is 0 Å². The Morgan fingerprint density at radius 1 is 1.16 bits per heavy atom. The van der Waals surface area contributed by atoms with E-state index in [1.165, 1.54) is 0 Å². The van der Waals surface area contributed by atoms with E-state index in [4.69, 9.17) is 0 Å². The summed E-state index contributed by atoms with van der Waals surface area (Å²) in [6.07, 6.45) is 2.31. The fourth-order valence-electron chi connectivity index (χ4n) is 2.16. The minimum absolute atomic E-state index is 0.118. The first-order valence-corrected chi connectivity index (χ1v) is 7.15. The highest BCUT2D eigenvalue weighted by Crippen LogP contribution is 2.13. The van der Waals surface area contributed by atoms with E-state index in [0.717, 1.165) is 25.9 Å². The molecule has 0 heterocycles. The normalized spacial score (nSPS) is 11.2. The summed E-state index contributed by atoms with van der Waals surface area (Å²) in [5.74, 6) is 0.973. The highest BCUT2D eigenvalue weighted by atomic mass is 16.3. The molecule has 1 rings (SSSR count). The van der Waals surface area contributed by atoms with Gasteiger partial charge in [0.05, 0.1) is 6.54 Å². The molecule has 0 fully saturated rings. The Kier molecular flexibility index (Phi) is 6.57. The van der Waals surface area contributed by atoms with E-state index in [1.807, 2.05) is 0 Å². The van der Waals surface area contributed by atoms with Crippen LogP contribution in [0.4, 0.5) is 0 Å². The molecular formula is C16H25NO2. The second-order valence-corrected chi connectivity index (χ2v) is 4.98. The highest BCUT2D eigenvalue weighted by molar-refractivity contribution is 5.97. The molecule has 0 atom stereocenters. The van der Waals surface area contributed by atoms with Crippen LogP contribution in [0.1, 0.15) is 44.0 Å². The number of phenols is 1. The molecule has 1 N–H and O–H groups in total. The molecule has 0 aliphatic carbocycles. The van der Waals surface area contributed by atoms with Gasteiger partial charge >= 0.3 is 0 Å². The van der Waals surface area contributed by atoms with Crippen molar-refractivity contribution in [3.05, 3.63) is 29.8 Å². The van der Waals surface area contributed by atoms with Crippen LogP contribution in [0.5, 0.6) is 5.75 Å². The first kappa shape index (κ1) is 15.7. The van der Waals surface area contributed by atoms with Crippen molar-refractivity contribution >= 4 is 5.78 Å². The van der Waals surface area contributed by atoms with Gasteiger partial charge in [-0.05, 0) is 36.7 Å². The monoisotopic (exact) mass is 263 g/mol. The van der Waals surface area contributed by atoms with Crippen LogP contribution in [-0.4, -0.2) is 35.4 Å². The number of benzene rings is 1. The number of nitrogens with zero attached hydrogens (tertiary/aromatic N) is 1. The van der Waals surface area contributed by atoms with E-state index < -0.39 is 0 Å². The van der Waals surface area contributed by atoms with Gasteiger partial charge in [-0.1, -0.05) is 33.6 Å². The Bertz CT molecular complexity index is 382. The van der Waals surface area contributed by atoms with Gasteiger partial charge in [0.2, 0.25) is 0 Å². The van der Waals surface area contributed by atoms with Crippen molar-refractivity contribution in [3.8, 4) is 5.75 Å². The molecule has 0 radical (unpaired) electrons. The number of ketones is 1. The van der Waals surface area contributed by atoms with E-state index in [-0.39, 0.29) is 11.5 Å². The summed E-state index contributed by atoms with van der Waals surface area (Å²) in [6, 6.07) is 6.49. The highest BCUT2D eigenvalue weighted by Gasteiger charge is 2.14. The van der Waals surface area contributed by atoms with Gasteiger partial charge in [0.15, 0.2) is 5.78 Å². The smallest absolute Gasteiger partial charge is 0.176 e. The quantitative estimate of drug-likeness (QED) is 0.731. The van der Waals surface area contributed by atoms with Gasteiger partial charge in [0.25, 0.3) is 0 Å². The van der Waals surface area contributed by atoms with Crippen molar-refractivity contribution in [2.24, 2.45) is 5.92 Å². The third-order valence-corrected chi connectivity index (χ3v) is 3.67. The fourth-order valence-corrected chi connectivity index (χ4v) is 2.16. The number of hydrogen-bond donors (Lipinski definition) is 1. The Labute approximate surface area is 116 Å². The van der Waals surface area contributed by atoms with E-state index >= 15 is 0 Å². The number of Topliss-reactive ketones (excluding diaryl/α,β-unsaturated/α-hetero) is 1. The average molecular weight is 263 g/mol. The Hall–Kier alpha value is -1.35. The predicted molar refractivity (Wildman–Crippen MR) is 78.6 cm³/mol. The maximum absolute atomic E-state index is 12.2. The number of rotatable bonds is 8. The SMILES string of the molecule is CCC(CC)CN(CC)CC(=O)c1ccc(O)cc1. The van der Waals surface area contributed by atoms with Gasteiger partial charge in [-0.15, -0.1) is 0 Å². The maximum atomic E-state index is 12.2. The lowest BCUT2D eigenvalue weighted by Crippen LogP contribution is -2.34. The van der Waals surface area contributed by atoms with Gasteiger partial charge < -0.3 is 5.11 Å². The number of phenolic OH excluding ortho intramolecular Hbond substituents is 1. The van der Waals surface area contributed by atoms with Crippen molar-refractivity contribution in [2.45, 2.75) is 33.6 Å². The van der Waals surface area contributed by atoms with Gasteiger partial charge in [0, 0.05) is 12.1 Å². The van der Waals surface area contributed by atoms with Gasteiger partial charge in [0.1, 0.15) is 5.75 Å². The fraction of sp³-hybridized carbons (Fsp3) is 0.562. The minimum Gasteiger partial charge on any atom is -0.508 e. The molecule has 3 heteroatoms. The van der Waals surface area contributed by atoms with E-state index in [9.17, 15) is 9.90 Å². The number of carbonyl (C=O) groups is 1. The lowest BCUT2D eigenvalue weighted by Gasteiger charge is -2.24. The van der Waals surface area contributed by atoms with Crippen molar-refractivity contribution in [1.29, 1.82) is 0 Å².